The summed E-state index contributed by atoms with van der Waals surface area (Å²) in [6.07, 6.45) is 18.1. The van der Waals surface area contributed by atoms with Crippen molar-refractivity contribution in [1.29, 1.82) is 0 Å². The number of hydrogen-bond acceptors (Lipinski definition) is 9. The van der Waals surface area contributed by atoms with Crippen LogP contribution in [0.15, 0.2) is 24.1 Å². The van der Waals surface area contributed by atoms with Gasteiger partial charge in [0.15, 0.2) is 5.88 Å². The van der Waals surface area contributed by atoms with Crippen molar-refractivity contribution >= 4 is 18.2 Å². The molecule has 0 aromatic rings. The van der Waals surface area contributed by atoms with Crippen LogP contribution in [-0.2, 0) is 23.7 Å². The van der Waals surface area contributed by atoms with E-state index in [2.05, 4.69) is 62.8 Å². The molecule has 9 atom stereocenters. The quantitative estimate of drug-likeness (QED) is 0.0339. The number of carbonyl (C=O) groups excluding carboxylic acids is 3. The highest BCUT2D eigenvalue weighted by Crippen LogP contribution is 2.67. The Morgan fingerprint density at radius 2 is 1.34 bits per heavy atom. The lowest BCUT2D eigenvalue weighted by molar-refractivity contribution is -0.157. The van der Waals surface area contributed by atoms with Gasteiger partial charge in [0.25, 0.3) is 0 Å². The van der Waals surface area contributed by atoms with Crippen LogP contribution < -0.4 is 10.6 Å². The van der Waals surface area contributed by atoms with Crippen molar-refractivity contribution in [1.82, 2.24) is 20.4 Å². The van der Waals surface area contributed by atoms with Crippen LogP contribution >= 0.6 is 0 Å². The molecule has 3 fully saturated rings. The van der Waals surface area contributed by atoms with Gasteiger partial charge in [0.05, 0.1) is 0 Å². The van der Waals surface area contributed by atoms with Crippen LogP contribution in [0.4, 0.5) is 9.59 Å². The number of nitrogens with zero attached hydrogens (tertiary/aromatic N) is 2. The number of rotatable bonds is 23. The number of alkyl carbamates (subject to hydrolysis) is 1. The molecule has 0 aromatic carbocycles. The summed E-state index contributed by atoms with van der Waals surface area (Å²) in [5.41, 5.74) is 0.647. The first-order chi connectivity index (χ1) is 31.1. The summed E-state index contributed by atoms with van der Waals surface area (Å²) in [5.74, 6) is 5.18. The third-order valence-corrected chi connectivity index (χ3v) is 15.9. The van der Waals surface area contributed by atoms with E-state index in [4.69, 9.17) is 18.9 Å². The minimum absolute atomic E-state index is 0.101. The monoisotopic (exact) mass is 941 g/mol. The summed E-state index contributed by atoms with van der Waals surface area (Å²) in [4.78, 5) is 43.6. The maximum atomic E-state index is 14.2. The van der Waals surface area contributed by atoms with Crippen molar-refractivity contribution in [2.45, 2.75) is 229 Å². The zero-order valence-corrected chi connectivity index (χ0v) is 45.5. The molecule has 2 amide bonds. The lowest BCUT2D eigenvalue weighted by Crippen LogP contribution is -2.51. The Labute approximate surface area is 409 Å². The molecule has 0 aromatic heterocycles. The molecule has 0 radical (unpaired) electrons. The summed E-state index contributed by atoms with van der Waals surface area (Å²) in [5, 5.41) is 6.10. The van der Waals surface area contributed by atoms with Crippen molar-refractivity contribution in [2.75, 3.05) is 39.3 Å². The van der Waals surface area contributed by atoms with Crippen molar-refractivity contribution in [3.05, 3.63) is 24.1 Å². The summed E-state index contributed by atoms with van der Waals surface area (Å²) in [6, 6.07) is -0.424. The third-order valence-electron chi connectivity index (χ3n) is 15.9. The summed E-state index contributed by atoms with van der Waals surface area (Å²) in [7, 11) is 0. The number of amides is 2. The van der Waals surface area contributed by atoms with Crippen molar-refractivity contribution in [3.8, 4) is 0 Å². The average molecular weight is 941 g/mol. The Hall–Kier alpha value is -2.95. The second kappa shape index (κ2) is 24.3. The van der Waals surface area contributed by atoms with E-state index in [1.807, 2.05) is 69.2 Å². The third kappa shape index (κ3) is 17.2. The summed E-state index contributed by atoms with van der Waals surface area (Å²) >= 11 is 0. The molecule has 0 bridgehead atoms. The van der Waals surface area contributed by atoms with Gasteiger partial charge in [-0.15, -0.1) is 0 Å². The van der Waals surface area contributed by atoms with E-state index in [1.54, 1.807) is 10.5 Å². The fourth-order valence-corrected chi connectivity index (χ4v) is 12.6. The van der Waals surface area contributed by atoms with E-state index in [1.165, 1.54) is 51.4 Å². The molecule has 4 aliphatic rings. The second-order valence-electron chi connectivity index (χ2n) is 25.2. The molecular weight excluding hydrogens is 841 g/mol. The average Bonchev–Trinajstić information content (AvgIpc) is 3.56. The highest BCUT2D eigenvalue weighted by Gasteiger charge is 2.59. The van der Waals surface area contributed by atoms with Gasteiger partial charge in [-0.2, -0.15) is 0 Å². The van der Waals surface area contributed by atoms with Crippen molar-refractivity contribution < 1.29 is 33.3 Å². The van der Waals surface area contributed by atoms with E-state index in [0.717, 1.165) is 74.0 Å². The summed E-state index contributed by atoms with van der Waals surface area (Å²) < 4.78 is 23.5. The van der Waals surface area contributed by atoms with Gasteiger partial charge in [-0.3, -0.25) is 9.69 Å². The van der Waals surface area contributed by atoms with Crippen LogP contribution in [0.5, 0.6) is 0 Å². The van der Waals surface area contributed by atoms with Crippen molar-refractivity contribution in [2.24, 2.45) is 46.3 Å². The van der Waals surface area contributed by atoms with Gasteiger partial charge in [0.1, 0.15) is 28.9 Å². The molecule has 2 N–H and O–H groups in total. The van der Waals surface area contributed by atoms with Crippen LogP contribution in [0.1, 0.15) is 200 Å². The Bertz CT molecular complexity index is 1640. The maximum absolute atomic E-state index is 14.2. The molecule has 0 spiro atoms. The van der Waals surface area contributed by atoms with Crippen LogP contribution in [-0.4, -0.2) is 96.2 Å². The number of nitrogens with one attached hydrogen (secondary N) is 2. The first kappa shape index (κ1) is 56.6. The molecule has 11 heteroatoms. The molecule has 11 nitrogen and oxygen atoms in total. The fraction of sp³-hybridized carbons (Fsp3) is 0.875. The van der Waals surface area contributed by atoms with Crippen LogP contribution in [0.25, 0.3) is 0 Å². The Balaban J connectivity index is 1.36. The highest BCUT2D eigenvalue weighted by molar-refractivity contribution is 5.75. The number of esters is 1. The van der Waals surface area contributed by atoms with Gasteiger partial charge in [-0.1, -0.05) is 65.5 Å². The zero-order valence-electron chi connectivity index (χ0n) is 45.5. The lowest BCUT2D eigenvalue weighted by atomic mass is 9.47. The first-order valence-corrected chi connectivity index (χ1v) is 26.8. The van der Waals surface area contributed by atoms with E-state index in [9.17, 15) is 14.4 Å². The van der Waals surface area contributed by atoms with Crippen molar-refractivity contribution in [3.63, 3.8) is 0 Å². The second-order valence-corrected chi connectivity index (χ2v) is 25.2. The van der Waals surface area contributed by atoms with Gasteiger partial charge >= 0.3 is 18.2 Å². The van der Waals surface area contributed by atoms with E-state index < -0.39 is 23.3 Å². The molecule has 4 rings (SSSR count). The summed E-state index contributed by atoms with van der Waals surface area (Å²) in [6.45, 7) is 39.0. The Morgan fingerprint density at radius 3 is 2.00 bits per heavy atom. The smallest absolute Gasteiger partial charge is 0.410 e. The van der Waals surface area contributed by atoms with E-state index in [0.29, 0.717) is 57.0 Å². The predicted octanol–water partition coefficient (Wildman–Crippen LogP) is 12.8. The van der Waals surface area contributed by atoms with Crippen LogP contribution in [0.2, 0.25) is 0 Å². The minimum atomic E-state index is -0.635. The topological polar surface area (TPSA) is 119 Å². The Morgan fingerprint density at radius 1 is 0.731 bits per heavy atom. The van der Waals surface area contributed by atoms with E-state index >= 15 is 0 Å². The van der Waals surface area contributed by atoms with Gasteiger partial charge in [-0.05, 0) is 199 Å². The SMILES string of the molecule is C=C(NCCCN(CCCCN(CCCNC(=O)OC(C)(C)C)C(=O)OC(C)(C)C)C(C)C(=O)O[C@H]1CC[C@@]2(C)C(=CC[C@H]3C4CCC([C@H](C)CCCC(C)C)[C@@]4(C)CCC32)C1)OC(C)(C)C. The number of allylic oxidation sites excluding steroid dienone is 1. The van der Waals surface area contributed by atoms with Gasteiger partial charge in [-0.25, -0.2) is 9.59 Å². The molecular formula is C56H100N4O7. The molecule has 3 saturated carbocycles. The molecule has 4 aliphatic carbocycles. The highest BCUT2D eigenvalue weighted by atomic mass is 16.6. The number of ether oxygens (including phenoxy) is 4. The molecule has 0 aliphatic heterocycles. The normalized spacial score (nSPS) is 27.2. The van der Waals surface area contributed by atoms with Crippen LogP contribution in [0, 0.1) is 46.3 Å². The fourth-order valence-electron chi connectivity index (χ4n) is 12.6. The largest absolute Gasteiger partial charge is 0.474 e. The first-order valence-electron chi connectivity index (χ1n) is 26.8. The van der Waals surface area contributed by atoms with Gasteiger partial charge in [0, 0.05) is 39.1 Å². The minimum Gasteiger partial charge on any atom is -0.474 e. The molecule has 0 heterocycles. The standard InChI is InChI=1S/C56H100N4O7/c1-39(2)22-19-23-40(3)46-26-27-47-45-25-24-43-38-44(28-30-55(43,15)48(45)29-31-56(46,47)16)64-49(61)41(4)59(36-20-32-57-42(5)65-52(6,7)8)34-17-18-35-60(51(63)67-54(12,13)14)37-21-33-58-50(62)66-53(9,10)11/h24,39-41,44-48,57H,5,17-23,25-38H2,1-4,6-16H3,(H,58,62)/t40-,41?,44+,45+,46?,47?,48?,55+,56-/m1/s1. The molecule has 67 heavy (non-hydrogen) atoms. The molecule has 386 valence electrons. The maximum Gasteiger partial charge on any atom is 0.410 e. The zero-order chi connectivity index (χ0) is 50.0. The number of fused-ring (bicyclic) bond motifs is 5. The van der Waals surface area contributed by atoms with Gasteiger partial charge < -0.3 is 34.5 Å². The molecule has 0 saturated heterocycles. The Kier molecular flexibility index (Phi) is 20.5. The van der Waals surface area contributed by atoms with Gasteiger partial charge in [0.2, 0.25) is 0 Å². The van der Waals surface area contributed by atoms with Crippen LogP contribution in [0.3, 0.4) is 0 Å². The number of carbonyl (C=O) groups is 3. The number of hydrogen-bond donors (Lipinski definition) is 2. The number of unbranched alkanes of at least 4 members (excludes halogenated alkanes) is 1. The van der Waals surface area contributed by atoms with E-state index in [-0.39, 0.29) is 29.2 Å². The molecule has 4 unspecified atom stereocenters. The lowest BCUT2D eigenvalue weighted by Gasteiger charge is -2.58. The predicted molar refractivity (Wildman–Crippen MR) is 272 cm³/mol.